The summed E-state index contributed by atoms with van der Waals surface area (Å²) in [5, 5.41) is 4.81. The summed E-state index contributed by atoms with van der Waals surface area (Å²) >= 11 is 0. The molecule has 1 amide bonds. The van der Waals surface area contributed by atoms with E-state index in [1.54, 1.807) is 0 Å². The van der Waals surface area contributed by atoms with Gasteiger partial charge in [0.05, 0.1) is 11.1 Å². The zero-order valence-electron chi connectivity index (χ0n) is 15.7. The van der Waals surface area contributed by atoms with Crippen LogP contribution in [0.2, 0.25) is 0 Å². The number of pyridine rings is 1. The number of fused-ring (bicyclic) bond motifs is 1. The van der Waals surface area contributed by atoms with E-state index in [1.165, 1.54) is 0 Å². The Morgan fingerprint density at radius 1 is 1.32 bits per heavy atom. The third-order valence-electron chi connectivity index (χ3n) is 4.66. The summed E-state index contributed by atoms with van der Waals surface area (Å²) in [5.74, 6) is -4.58. The topological polar surface area (TPSA) is 89.3 Å². The van der Waals surface area contributed by atoms with E-state index in [-0.39, 0.29) is 30.6 Å². The van der Waals surface area contributed by atoms with E-state index >= 15 is 0 Å². The van der Waals surface area contributed by atoms with Crippen molar-refractivity contribution in [2.45, 2.75) is 37.6 Å². The number of hydrogen-bond donors (Lipinski definition) is 3. The molecule has 6 nitrogen and oxygen atoms in total. The highest BCUT2D eigenvalue weighted by Crippen LogP contribution is 2.39. The zero-order valence-corrected chi connectivity index (χ0v) is 15.7. The quantitative estimate of drug-likeness (QED) is 0.602. The van der Waals surface area contributed by atoms with E-state index in [0.717, 1.165) is 12.1 Å². The molecule has 2 aromatic rings. The number of halogens is 7. The largest absolute Gasteiger partial charge is 0.435 e. The van der Waals surface area contributed by atoms with Crippen LogP contribution in [-0.4, -0.2) is 42.6 Å². The van der Waals surface area contributed by atoms with Crippen LogP contribution in [0, 0.1) is 0 Å². The van der Waals surface area contributed by atoms with Gasteiger partial charge >= 0.3 is 12.8 Å². The number of piperidine rings is 1. The number of nitrogens with zero attached hydrogens (tertiary/aromatic N) is 1. The monoisotopic (exact) mass is 454 g/mol. The lowest BCUT2D eigenvalue weighted by Gasteiger charge is -2.30. The van der Waals surface area contributed by atoms with E-state index in [9.17, 15) is 35.5 Å². The van der Waals surface area contributed by atoms with Crippen molar-refractivity contribution >= 4 is 22.5 Å². The molecular formula is C18H17F7N4O2. The Hall–Kier alpha value is -2.83. The SMILES string of the molecule is Nc1cc(C(=O)NC[C@H]2CC(F)(F)CCN2)nc2c(C(F)(F)F)cc(OC(F)F)cc12. The average molecular weight is 454 g/mol. The molecule has 0 saturated carbocycles. The van der Waals surface area contributed by atoms with Crippen molar-refractivity contribution in [1.82, 2.24) is 15.6 Å². The fraction of sp³-hybridized carbons (Fsp3) is 0.444. The third-order valence-corrected chi connectivity index (χ3v) is 4.66. The Balaban J connectivity index is 1.90. The van der Waals surface area contributed by atoms with E-state index in [4.69, 9.17) is 5.73 Å². The van der Waals surface area contributed by atoms with Crippen molar-refractivity contribution in [1.29, 1.82) is 0 Å². The Labute approximate surface area is 170 Å². The molecule has 0 radical (unpaired) electrons. The second-order valence-electron chi connectivity index (χ2n) is 7.01. The van der Waals surface area contributed by atoms with Gasteiger partial charge in [0, 0.05) is 43.0 Å². The number of rotatable bonds is 5. The number of nitrogen functional groups attached to an aromatic ring is 1. The minimum absolute atomic E-state index is 0.0483. The first kappa shape index (κ1) is 22.8. The van der Waals surface area contributed by atoms with Gasteiger partial charge in [0.15, 0.2) is 0 Å². The molecule has 1 fully saturated rings. The number of alkyl halides is 7. The maximum Gasteiger partial charge on any atom is 0.418 e. The summed E-state index contributed by atoms with van der Waals surface area (Å²) in [6.07, 6.45) is -5.85. The van der Waals surface area contributed by atoms with Crippen LogP contribution >= 0.6 is 0 Å². The summed E-state index contributed by atoms with van der Waals surface area (Å²) < 4.78 is 96.2. The van der Waals surface area contributed by atoms with Crippen LogP contribution in [0.4, 0.5) is 36.4 Å². The predicted octanol–water partition coefficient (Wildman–Crippen LogP) is 3.55. The zero-order chi connectivity index (χ0) is 23.0. The smallest absolute Gasteiger partial charge is 0.418 e. The molecule has 0 unspecified atom stereocenters. The molecule has 0 spiro atoms. The molecule has 0 bridgehead atoms. The van der Waals surface area contributed by atoms with Gasteiger partial charge in [-0.05, 0) is 18.2 Å². The van der Waals surface area contributed by atoms with Crippen molar-refractivity contribution in [3.05, 3.63) is 29.5 Å². The minimum atomic E-state index is -5.01. The molecule has 0 aliphatic carbocycles. The molecule has 3 rings (SSSR count). The van der Waals surface area contributed by atoms with Crippen molar-refractivity contribution in [2.75, 3.05) is 18.8 Å². The normalized spacial score (nSPS) is 18.9. The first-order valence-corrected chi connectivity index (χ1v) is 9.01. The molecule has 1 saturated heterocycles. The lowest BCUT2D eigenvalue weighted by Crippen LogP contribution is -2.49. The number of ether oxygens (including phenoxy) is 1. The molecule has 13 heteroatoms. The molecule has 1 atom stereocenters. The highest BCUT2D eigenvalue weighted by Gasteiger charge is 2.37. The van der Waals surface area contributed by atoms with Crippen molar-refractivity contribution in [3.63, 3.8) is 0 Å². The Kier molecular flexibility index (Phi) is 6.16. The van der Waals surface area contributed by atoms with Gasteiger partial charge in [-0.15, -0.1) is 0 Å². The number of hydrogen-bond acceptors (Lipinski definition) is 5. The van der Waals surface area contributed by atoms with Gasteiger partial charge in [-0.1, -0.05) is 0 Å². The summed E-state index contributed by atoms with van der Waals surface area (Å²) in [6.45, 7) is -3.52. The van der Waals surface area contributed by atoms with Crippen molar-refractivity contribution in [2.24, 2.45) is 0 Å². The minimum Gasteiger partial charge on any atom is -0.435 e. The predicted molar refractivity (Wildman–Crippen MR) is 96.1 cm³/mol. The van der Waals surface area contributed by atoms with Gasteiger partial charge in [-0.3, -0.25) is 4.79 Å². The van der Waals surface area contributed by atoms with Crippen molar-refractivity contribution < 1.29 is 40.3 Å². The van der Waals surface area contributed by atoms with Gasteiger partial charge < -0.3 is 21.1 Å². The van der Waals surface area contributed by atoms with Gasteiger partial charge in [0.1, 0.15) is 11.4 Å². The fourth-order valence-electron chi connectivity index (χ4n) is 3.27. The number of amides is 1. The second-order valence-corrected chi connectivity index (χ2v) is 7.01. The number of nitrogens with two attached hydrogens (primary N) is 1. The maximum absolute atomic E-state index is 13.5. The molecular weight excluding hydrogens is 437 g/mol. The number of benzene rings is 1. The number of aromatic nitrogens is 1. The molecule has 1 aliphatic rings. The fourth-order valence-corrected chi connectivity index (χ4v) is 3.27. The summed E-state index contributed by atoms with van der Waals surface area (Å²) in [6, 6.07) is 1.42. The van der Waals surface area contributed by atoms with Crippen LogP contribution in [0.3, 0.4) is 0 Å². The Bertz CT molecular complexity index is 982. The second kappa shape index (κ2) is 8.36. The van der Waals surface area contributed by atoms with Crippen LogP contribution in [0.1, 0.15) is 28.9 Å². The molecule has 1 aromatic heterocycles. The standard InChI is InChI=1S/C18H17F7N4O2/c19-16(20)31-9-3-10-12(26)5-13(29-14(10)11(4-9)18(23,24)25)15(30)28-7-8-6-17(21,22)1-2-27-8/h3-5,8,16,27H,1-2,6-7H2,(H2,26,29)(H,28,30)/t8-/m1/s1. The van der Waals surface area contributed by atoms with Gasteiger partial charge in [0.25, 0.3) is 11.8 Å². The van der Waals surface area contributed by atoms with Gasteiger partial charge in [0.2, 0.25) is 0 Å². The molecule has 1 aliphatic heterocycles. The third kappa shape index (κ3) is 5.46. The van der Waals surface area contributed by atoms with E-state index in [2.05, 4.69) is 20.4 Å². The lowest BCUT2D eigenvalue weighted by atomic mass is 10.0. The summed E-state index contributed by atoms with van der Waals surface area (Å²) in [7, 11) is 0. The van der Waals surface area contributed by atoms with Crippen LogP contribution in [0.25, 0.3) is 10.9 Å². The average Bonchev–Trinajstić information content (AvgIpc) is 2.64. The van der Waals surface area contributed by atoms with E-state index < -0.39 is 59.6 Å². The van der Waals surface area contributed by atoms with Crippen LogP contribution < -0.4 is 21.1 Å². The van der Waals surface area contributed by atoms with Gasteiger partial charge in [-0.2, -0.15) is 22.0 Å². The molecule has 1 aromatic carbocycles. The highest BCUT2D eigenvalue weighted by atomic mass is 19.4. The Morgan fingerprint density at radius 2 is 2.03 bits per heavy atom. The summed E-state index contributed by atoms with van der Waals surface area (Å²) in [5.41, 5.74) is 2.77. The molecule has 4 N–H and O–H groups in total. The van der Waals surface area contributed by atoms with Crippen LogP contribution in [0.15, 0.2) is 18.2 Å². The Morgan fingerprint density at radius 3 is 2.65 bits per heavy atom. The number of carbonyl (C=O) groups excluding carboxylic acids is 1. The van der Waals surface area contributed by atoms with Gasteiger partial charge in [-0.25, -0.2) is 13.8 Å². The van der Waals surface area contributed by atoms with Crippen LogP contribution in [0.5, 0.6) is 5.75 Å². The first-order chi connectivity index (χ1) is 14.4. The molecule has 2 heterocycles. The molecule has 170 valence electrons. The molecule has 31 heavy (non-hydrogen) atoms. The number of carbonyl (C=O) groups is 1. The maximum atomic E-state index is 13.5. The first-order valence-electron chi connectivity index (χ1n) is 9.01. The van der Waals surface area contributed by atoms with E-state index in [0.29, 0.717) is 6.07 Å². The lowest BCUT2D eigenvalue weighted by molar-refractivity contribution is -0.136. The number of nitrogens with one attached hydrogen (secondary N) is 2. The highest BCUT2D eigenvalue weighted by molar-refractivity contribution is 6.00. The summed E-state index contributed by atoms with van der Waals surface area (Å²) in [4.78, 5) is 16.1. The number of anilines is 1. The van der Waals surface area contributed by atoms with Crippen molar-refractivity contribution in [3.8, 4) is 5.75 Å². The van der Waals surface area contributed by atoms with E-state index in [1.807, 2.05) is 0 Å². The van der Waals surface area contributed by atoms with Crippen LogP contribution in [-0.2, 0) is 6.18 Å².